The van der Waals surface area contributed by atoms with Crippen molar-refractivity contribution in [3.05, 3.63) is 64.3 Å². The van der Waals surface area contributed by atoms with E-state index in [2.05, 4.69) is 18.7 Å². The zero-order valence-corrected chi connectivity index (χ0v) is 19.6. The number of rotatable bonds is 6. The van der Waals surface area contributed by atoms with Gasteiger partial charge in [0.15, 0.2) is 0 Å². The van der Waals surface area contributed by atoms with Gasteiger partial charge in [-0.25, -0.2) is 4.90 Å². The van der Waals surface area contributed by atoms with Crippen molar-refractivity contribution >= 4 is 34.7 Å². The molecule has 2 amide bonds. The molecule has 32 heavy (non-hydrogen) atoms. The van der Waals surface area contributed by atoms with E-state index in [4.69, 9.17) is 16.3 Å². The van der Waals surface area contributed by atoms with Crippen molar-refractivity contribution in [1.29, 1.82) is 0 Å². The minimum Gasteiger partial charge on any atom is -0.494 e. The summed E-state index contributed by atoms with van der Waals surface area (Å²) in [7, 11) is 0. The van der Waals surface area contributed by atoms with Gasteiger partial charge in [-0.15, -0.1) is 0 Å². The first-order chi connectivity index (χ1) is 15.4. The van der Waals surface area contributed by atoms with Crippen molar-refractivity contribution in [3.8, 4) is 5.75 Å². The van der Waals surface area contributed by atoms with Gasteiger partial charge >= 0.3 is 0 Å². The summed E-state index contributed by atoms with van der Waals surface area (Å²) in [5.41, 5.74) is 2.91. The van der Waals surface area contributed by atoms with Gasteiger partial charge < -0.3 is 9.64 Å². The largest absolute Gasteiger partial charge is 0.494 e. The quantitative estimate of drug-likeness (QED) is 0.546. The fraction of sp³-hybridized carbons (Fsp3) is 0.385. The number of carbonyl (C=O) groups excluding carboxylic acids is 2. The fourth-order valence-electron chi connectivity index (χ4n) is 4.46. The van der Waals surface area contributed by atoms with E-state index in [-0.39, 0.29) is 11.8 Å². The fourth-order valence-corrected chi connectivity index (χ4v) is 4.63. The van der Waals surface area contributed by atoms with Crippen LogP contribution < -0.4 is 9.64 Å². The number of likely N-dealkylation sites (tertiary alicyclic amines) is 1. The van der Waals surface area contributed by atoms with Crippen LogP contribution in [0.4, 0.5) is 5.69 Å². The number of hydrogen-bond acceptors (Lipinski definition) is 4. The molecule has 0 saturated carbocycles. The Labute approximate surface area is 194 Å². The molecule has 1 fully saturated rings. The summed E-state index contributed by atoms with van der Waals surface area (Å²) >= 11 is 6.32. The number of hydrogen-bond donors (Lipinski definition) is 0. The molecule has 6 heteroatoms. The number of imide groups is 1. The summed E-state index contributed by atoms with van der Waals surface area (Å²) in [5.74, 6) is 0.627. The summed E-state index contributed by atoms with van der Waals surface area (Å²) < 4.78 is 5.69. The number of piperidine rings is 1. The van der Waals surface area contributed by atoms with Crippen LogP contribution in [0.2, 0.25) is 5.02 Å². The van der Waals surface area contributed by atoms with E-state index in [9.17, 15) is 9.59 Å². The molecular formula is C26H29ClN2O3. The third-order valence-corrected chi connectivity index (χ3v) is 6.54. The second-order valence-electron chi connectivity index (χ2n) is 8.62. The lowest BCUT2D eigenvalue weighted by Gasteiger charge is -2.33. The van der Waals surface area contributed by atoms with Crippen LogP contribution in [0.3, 0.4) is 0 Å². The second-order valence-corrected chi connectivity index (χ2v) is 9.03. The zero-order valence-electron chi connectivity index (χ0n) is 18.9. The van der Waals surface area contributed by atoms with E-state index in [0.29, 0.717) is 40.1 Å². The molecule has 4 rings (SSSR count). The number of ether oxygens (including phenoxy) is 1. The maximum atomic E-state index is 13.7. The number of amides is 2. The van der Waals surface area contributed by atoms with E-state index in [1.165, 1.54) is 4.90 Å². The average molecular weight is 453 g/mol. The highest BCUT2D eigenvalue weighted by Crippen LogP contribution is 2.39. The monoisotopic (exact) mass is 452 g/mol. The van der Waals surface area contributed by atoms with Crippen molar-refractivity contribution in [2.45, 2.75) is 40.0 Å². The minimum atomic E-state index is -0.309. The third-order valence-electron chi connectivity index (χ3n) is 6.13. The highest BCUT2D eigenvalue weighted by Gasteiger charge is 2.43. The van der Waals surface area contributed by atoms with Crippen LogP contribution >= 0.6 is 11.6 Å². The summed E-state index contributed by atoms with van der Waals surface area (Å²) in [6.07, 6.45) is 3.05. The van der Waals surface area contributed by atoms with E-state index in [1.54, 1.807) is 18.2 Å². The standard InChI is InChI=1S/C26H29ClN2O3/c1-4-15-32-20-12-10-19(11-13-20)23-24(28-14-6-7-17(2)16-28)26(31)29(25(23)30)22-9-5-8-21(27)18(22)3/h5,8-13,17H,4,6-7,14-16H2,1-3H3. The summed E-state index contributed by atoms with van der Waals surface area (Å²) in [6.45, 7) is 8.24. The first-order valence-corrected chi connectivity index (χ1v) is 11.7. The predicted molar refractivity (Wildman–Crippen MR) is 128 cm³/mol. The molecule has 2 aromatic carbocycles. The first kappa shape index (κ1) is 22.4. The Morgan fingerprint density at radius 3 is 2.53 bits per heavy atom. The van der Waals surface area contributed by atoms with Crippen LogP contribution in [0.15, 0.2) is 48.2 Å². The molecule has 2 aliphatic rings. The van der Waals surface area contributed by atoms with Gasteiger partial charge in [0.1, 0.15) is 11.4 Å². The lowest BCUT2D eigenvalue weighted by Crippen LogP contribution is -2.39. The molecule has 1 saturated heterocycles. The molecule has 5 nitrogen and oxygen atoms in total. The van der Waals surface area contributed by atoms with Crippen molar-refractivity contribution in [2.24, 2.45) is 5.92 Å². The summed E-state index contributed by atoms with van der Waals surface area (Å²) in [5, 5.41) is 0.530. The zero-order chi connectivity index (χ0) is 22.8. The molecule has 0 aromatic heterocycles. The van der Waals surface area contributed by atoms with Gasteiger partial charge in [0.2, 0.25) is 0 Å². The molecule has 2 heterocycles. The van der Waals surface area contributed by atoms with E-state index in [0.717, 1.165) is 43.7 Å². The molecule has 0 spiro atoms. The lowest BCUT2D eigenvalue weighted by molar-refractivity contribution is -0.120. The van der Waals surface area contributed by atoms with Gasteiger partial charge in [-0.2, -0.15) is 0 Å². The van der Waals surface area contributed by atoms with Crippen molar-refractivity contribution in [2.75, 3.05) is 24.6 Å². The van der Waals surface area contributed by atoms with Crippen LogP contribution in [-0.2, 0) is 9.59 Å². The number of benzene rings is 2. The molecule has 2 aliphatic heterocycles. The Morgan fingerprint density at radius 1 is 1.09 bits per heavy atom. The molecule has 1 atom stereocenters. The van der Waals surface area contributed by atoms with Gasteiger partial charge in [-0.05, 0) is 67.5 Å². The Balaban J connectivity index is 1.79. The maximum Gasteiger partial charge on any atom is 0.282 e. The smallest absolute Gasteiger partial charge is 0.282 e. The van der Waals surface area contributed by atoms with Crippen LogP contribution in [0.5, 0.6) is 5.75 Å². The van der Waals surface area contributed by atoms with E-state index >= 15 is 0 Å². The van der Waals surface area contributed by atoms with Crippen LogP contribution in [-0.4, -0.2) is 36.4 Å². The summed E-state index contributed by atoms with van der Waals surface area (Å²) in [6, 6.07) is 12.8. The van der Waals surface area contributed by atoms with Crippen LogP contribution in [0.25, 0.3) is 5.57 Å². The number of nitrogens with zero attached hydrogens (tertiary/aromatic N) is 2. The summed E-state index contributed by atoms with van der Waals surface area (Å²) in [4.78, 5) is 30.8. The number of carbonyl (C=O) groups is 2. The minimum absolute atomic E-state index is 0.282. The number of halogens is 1. The van der Waals surface area contributed by atoms with Gasteiger partial charge in [-0.3, -0.25) is 9.59 Å². The van der Waals surface area contributed by atoms with Crippen molar-refractivity contribution in [1.82, 2.24) is 4.90 Å². The van der Waals surface area contributed by atoms with Crippen molar-refractivity contribution in [3.63, 3.8) is 0 Å². The highest BCUT2D eigenvalue weighted by atomic mass is 35.5. The van der Waals surface area contributed by atoms with E-state index in [1.807, 2.05) is 31.2 Å². The first-order valence-electron chi connectivity index (χ1n) is 11.3. The van der Waals surface area contributed by atoms with Gasteiger partial charge in [0.05, 0.1) is 17.9 Å². The van der Waals surface area contributed by atoms with E-state index < -0.39 is 0 Å². The van der Waals surface area contributed by atoms with Gasteiger partial charge in [0.25, 0.3) is 11.8 Å². The Morgan fingerprint density at radius 2 is 1.84 bits per heavy atom. The lowest BCUT2D eigenvalue weighted by atomic mass is 9.97. The van der Waals surface area contributed by atoms with Gasteiger partial charge in [0, 0.05) is 18.1 Å². The topological polar surface area (TPSA) is 49.9 Å². The van der Waals surface area contributed by atoms with Gasteiger partial charge in [-0.1, -0.05) is 43.6 Å². The molecule has 0 N–H and O–H groups in total. The molecule has 0 bridgehead atoms. The molecule has 1 unspecified atom stereocenters. The Bertz CT molecular complexity index is 1060. The van der Waals surface area contributed by atoms with Crippen LogP contribution in [0, 0.1) is 12.8 Å². The Kier molecular flexibility index (Phi) is 6.56. The molecule has 168 valence electrons. The molecular weight excluding hydrogens is 424 g/mol. The molecule has 2 aromatic rings. The normalized spacial score (nSPS) is 19.2. The third kappa shape index (κ3) is 4.14. The SMILES string of the molecule is CCCOc1ccc(C2=C(N3CCCC(C)C3)C(=O)N(c3cccc(Cl)c3C)C2=O)cc1. The molecule has 0 radical (unpaired) electrons. The predicted octanol–water partition coefficient (Wildman–Crippen LogP) is 5.45. The second kappa shape index (κ2) is 9.37. The van der Waals surface area contributed by atoms with Crippen LogP contribution in [0.1, 0.15) is 44.2 Å². The maximum absolute atomic E-state index is 13.7. The van der Waals surface area contributed by atoms with Crippen molar-refractivity contribution < 1.29 is 14.3 Å². The Hall–Kier alpha value is -2.79. The molecule has 0 aliphatic carbocycles. The number of anilines is 1. The highest BCUT2D eigenvalue weighted by molar-refractivity contribution is 6.46. The average Bonchev–Trinajstić information content (AvgIpc) is 3.04.